The van der Waals surface area contributed by atoms with Crippen molar-refractivity contribution in [3.8, 4) is 11.4 Å². The molecule has 1 fully saturated rings. The summed E-state index contributed by atoms with van der Waals surface area (Å²) in [5.74, 6) is 1.25. The molecular weight excluding hydrogens is 343 g/mol. The van der Waals surface area contributed by atoms with E-state index in [0.717, 1.165) is 37.1 Å². The summed E-state index contributed by atoms with van der Waals surface area (Å²) in [7, 11) is 0. The maximum atomic E-state index is 14.6. The van der Waals surface area contributed by atoms with Crippen LogP contribution < -0.4 is 10.6 Å². The largest absolute Gasteiger partial charge is 0.356 e. The maximum absolute atomic E-state index is 14.6. The number of fused-ring (bicyclic) bond motifs is 1. The van der Waals surface area contributed by atoms with Crippen molar-refractivity contribution in [3.63, 3.8) is 0 Å². The molecule has 4 heterocycles. The molecule has 7 heteroatoms. The highest BCUT2D eigenvalue weighted by Crippen LogP contribution is 2.30. The zero-order valence-electron chi connectivity index (χ0n) is 15.7. The first kappa shape index (κ1) is 17.9. The second kappa shape index (κ2) is 7.23. The molecule has 0 amide bonds. The number of aromatic amines is 1. The van der Waals surface area contributed by atoms with E-state index < -0.39 is 0 Å². The first-order chi connectivity index (χ1) is 13.0. The number of H-pyrrole nitrogens is 1. The number of rotatable bonds is 4. The third kappa shape index (κ3) is 3.39. The Morgan fingerprint density at radius 2 is 2.11 bits per heavy atom. The summed E-state index contributed by atoms with van der Waals surface area (Å²) in [5.41, 5.74) is 7.76. The van der Waals surface area contributed by atoms with E-state index in [1.807, 2.05) is 12.1 Å². The summed E-state index contributed by atoms with van der Waals surface area (Å²) < 4.78 is 14.6. The van der Waals surface area contributed by atoms with Gasteiger partial charge < -0.3 is 10.6 Å². The van der Waals surface area contributed by atoms with Crippen molar-refractivity contribution in [2.24, 2.45) is 17.6 Å². The van der Waals surface area contributed by atoms with Gasteiger partial charge in [-0.05, 0) is 48.9 Å². The fraction of sp³-hybridized carbons (Fsp3) is 0.450. The fourth-order valence-corrected chi connectivity index (χ4v) is 3.89. The zero-order chi connectivity index (χ0) is 19.0. The zero-order valence-corrected chi connectivity index (χ0v) is 15.7. The molecule has 1 aliphatic heterocycles. The Hall–Kier alpha value is -2.54. The molecule has 6 nitrogen and oxygen atoms in total. The molecule has 1 unspecified atom stereocenters. The standard InChI is InChI=1S/C20H25FN6/c1-12(2)17(22)13-5-4-10-27(11-13)16-8-7-15(21)19(24-16)18-14-6-3-9-23-20(14)26-25-18/h3,6-9,12-13,17H,4-5,10-11,22H2,1-2H3,(H,23,25,26)/t13-,17?/m0/s1. The van der Waals surface area contributed by atoms with E-state index in [1.54, 1.807) is 12.3 Å². The van der Waals surface area contributed by atoms with Gasteiger partial charge in [0, 0.05) is 30.7 Å². The van der Waals surface area contributed by atoms with Gasteiger partial charge in [-0.2, -0.15) is 5.10 Å². The van der Waals surface area contributed by atoms with E-state index in [-0.39, 0.29) is 17.6 Å². The Balaban J connectivity index is 1.66. The minimum absolute atomic E-state index is 0.161. The first-order valence-electron chi connectivity index (χ1n) is 9.51. The minimum atomic E-state index is -0.386. The number of aromatic nitrogens is 4. The van der Waals surface area contributed by atoms with Gasteiger partial charge in [-0.25, -0.2) is 14.4 Å². The Morgan fingerprint density at radius 3 is 2.93 bits per heavy atom. The predicted octanol–water partition coefficient (Wildman–Crippen LogP) is 3.36. The van der Waals surface area contributed by atoms with Crippen molar-refractivity contribution in [1.82, 2.24) is 20.2 Å². The quantitative estimate of drug-likeness (QED) is 0.738. The number of nitrogens with two attached hydrogens (primary N) is 1. The van der Waals surface area contributed by atoms with E-state index in [9.17, 15) is 4.39 Å². The van der Waals surface area contributed by atoms with E-state index in [4.69, 9.17) is 5.73 Å². The Bertz CT molecular complexity index is 937. The second-order valence-electron chi connectivity index (χ2n) is 7.64. The van der Waals surface area contributed by atoms with E-state index in [2.05, 4.69) is 38.9 Å². The van der Waals surface area contributed by atoms with Crippen LogP contribution in [0.2, 0.25) is 0 Å². The molecule has 0 spiro atoms. The van der Waals surface area contributed by atoms with Crippen molar-refractivity contribution in [2.45, 2.75) is 32.7 Å². The predicted molar refractivity (Wildman–Crippen MR) is 105 cm³/mol. The minimum Gasteiger partial charge on any atom is -0.356 e. The molecule has 1 saturated heterocycles. The van der Waals surface area contributed by atoms with Crippen LogP contribution in [-0.4, -0.2) is 39.3 Å². The Labute approximate surface area is 158 Å². The molecule has 142 valence electrons. The molecule has 4 rings (SSSR count). The highest BCUT2D eigenvalue weighted by molar-refractivity contribution is 5.89. The lowest BCUT2D eigenvalue weighted by Crippen LogP contribution is -2.46. The summed E-state index contributed by atoms with van der Waals surface area (Å²) in [5, 5.41) is 7.86. The van der Waals surface area contributed by atoms with Crippen LogP contribution in [0.1, 0.15) is 26.7 Å². The van der Waals surface area contributed by atoms with E-state index in [0.29, 0.717) is 23.2 Å². The van der Waals surface area contributed by atoms with Gasteiger partial charge in [-0.1, -0.05) is 13.8 Å². The number of halogens is 1. The van der Waals surface area contributed by atoms with Gasteiger partial charge in [-0.15, -0.1) is 0 Å². The van der Waals surface area contributed by atoms with Crippen LogP contribution in [0, 0.1) is 17.7 Å². The molecule has 3 aromatic heterocycles. The average Bonchev–Trinajstić information content (AvgIpc) is 3.12. The molecule has 1 aliphatic rings. The fourth-order valence-electron chi connectivity index (χ4n) is 3.89. The van der Waals surface area contributed by atoms with Crippen LogP contribution in [-0.2, 0) is 0 Å². The molecule has 27 heavy (non-hydrogen) atoms. The summed E-state index contributed by atoms with van der Waals surface area (Å²) in [6, 6.07) is 7.06. The molecule has 0 aromatic carbocycles. The van der Waals surface area contributed by atoms with Gasteiger partial charge in [0.25, 0.3) is 0 Å². The third-order valence-electron chi connectivity index (χ3n) is 5.49. The van der Waals surface area contributed by atoms with Crippen molar-refractivity contribution in [2.75, 3.05) is 18.0 Å². The van der Waals surface area contributed by atoms with Crippen LogP contribution in [0.15, 0.2) is 30.5 Å². The summed E-state index contributed by atoms with van der Waals surface area (Å²) in [6.07, 6.45) is 3.87. The smallest absolute Gasteiger partial charge is 0.155 e. The number of nitrogens with zero attached hydrogens (tertiary/aromatic N) is 4. The van der Waals surface area contributed by atoms with Gasteiger partial charge in [0.15, 0.2) is 11.5 Å². The second-order valence-corrected chi connectivity index (χ2v) is 7.64. The van der Waals surface area contributed by atoms with Gasteiger partial charge in [0.2, 0.25) is 0 Å². The van der Waals surface area contributed by atoms with Crippen LogP contribution in [0.4, 0.5) is 10.2 Å². The van der Waals surface area contributed by atoms with Gasteiger partial charge in [-0.3, -0.25) is 5.10 Å². The number of pyridine rings is 2. The first-order valence-corrected chi connectivity index (χ1v) is 9.51. The number of anilines is 1. The van der Waals surface area contributed by atoms with Crippen LogP contribution >= 0.6 is 0 Å². The monoisotopic (exact) mass is 368 g/mol. The lowest BCUT2D eigenvalue weighted by Gasteiger charge is -2.37. The lowest BCUT2D eigenvalue weighted by molar-refractivity contribution is 0.296. The number of hydrogen-bond acceptors (Lipinski definition) is 5. The number of hydrogen-bond donors (Lipinski definition) is 2. The topological polar surface area (TPSA) is 83.7 Å². The molecular formula is C20H25FN6. The van der Waals surface area contributed by atoms with Gasteiger partial charge in [0.05, 0.1) is 0 Å². The van der Waals surface area contributed by atoms with Crippen molar-refractivity contribution in [3.05, 3.63) is 36.3 Å². The highest BCUT2D eigenvalue weighted by Gasteiger charge is 2.28. The Kier molecular flexibility index (Phi) is 4.78. The van der Waals surface area contributed by atoms with E-state index in [1.165, 1.54) is 6.07 Å². The molecule has 2 atom stereocenters. The molecule has 0 aliphatic carbocycles. The lowest BCUT2D eigenvalue weighted by atomic mass is 9.85. The summed E-state index contributed by atoms with van der Waals surface area (Å²) >= 11 is 0. The normalized spacial score (nSPS) is 19.0. The summed E-state index contributed by atoms with van der Waals surface area (Å²) in [6.45, 7) is 6.08. The molecule has 0 bridgehead atoms. The maximum Gasteiger partial charge on any atom is 0.155 e. The highest BCUT2D eigenvalue weighted by atomic mass is 19.1. The summed E-state index contributed by atoms with van der Waals surface area (Å²) in [4.78, 5) is 11.1. The molecule has 3 N–H and O–H groups in total. The van der Waals surface area contributed by atoms with Gasteiger partial charge >= 0.3 is 0 Å². The van der Waals surface area contributed by atoms with Crippen molar-refractivity contribution >= 4 is 16.9 Å². The van der Waals surface area contributed by atoms with Crippen molar-refractivity contribution in [1.29, 1.82) is 0 Å². The van der Waals surface area contributed by atoms with Crippen LogP contribution in [0.5, 0.6) is 0 Å². The average molecular weight is 368 g/mol. The molecule has 0 radical (unpaired) electrons. The molecule has 3 aromatic rings. The van der Waals surface area contributed by atoms with Crippen LogP contribution in [0.25, 0.3) is 22.4 Å². The number of nitrogens with one attached hydrogen (secondary N) is 1. The third-order valence-corrected chi connectivity index (χ3v) is 5.49. The number of piperidine rings is 1. The van der Waals surface area contributed by atoms with Crippen LogP contribution in [0.3, 0.4) is 0 Å². The van der Waals surface area contributed by atoms with Crippen molar-refractivity contribution < 1.29 is 4.39 Å². The Morgan fingerprint density at radius 1 is 1.26 bits per heavy atom. The van der Waals surface area contributed by atoms with Gasteiger partial charge in [0.1, 0.15) is 17.2 Å². The molecule has 0 saturated carbocycles. The van der Waals surface area contributed by atoms with E-state index >= 15 is 0 Å². The SMILES string of the molecule is CC(C)C(N)[C@H]1CCCN(c2ccc(F)c(-c3n[nH]c4ncccc34)n2)C1.